The van der Waals surface area contributed by atoms with Gasteiger partial charge in [-0.1, -0.05) is 28.9 Å². The van der Waals surface area contributed by atoms with Crippen molar-refractivity contribution < 1.29 is 4.79 Å². The first-order chi connectivity index (χ1) is 7.56. The molecule has 0 saturated heterocycles. The van der Waals surface area contributed by atoms with Gasteiger partial charge in [-0.15, -0.1) is 0 Å². The number of anilines is 1. The van der Waals surface area contributed by atoms with E-state index in [0.717, 1.165) is 15.7 Å². The van der Waals surface area contributed by atoms with E-state index in [1.807, 2.05) is 32.0 Å². The number of hydrogen-bond acceptors (Lipinski definition) is 2. The third-order valence-corrected chi connectivity index (χ3v) is 3.43. The minimum atomic E-state index is -0.0524. The molecule has 0 aromatic heterocycles. The largest absolute Gasteiger partial charge is 0.330 e. The van der Waals surface area contributed by atoms with Crippen LogP contribution in [0.15, 0.2) is 22.7 Å². The molecule has 0 aliphatic heterocycles. The van der Waals surface area contributed by atoms with Gasteiger partial charge >= 0.3 is 0 Å². The number of halogens is 1. The lowest BCUT2D eigenvalue weighted by Gasteiger charge is -2.13. The zero-order valence-corrected chi connectivity index (χ0v) is 11.2. The standard InChI is InChI=1S/C12H17BrN2O/c1-8(6-7-14)12(16)15-11-5-3-4-10(13)9(11)2/h3-5,8H,6-7,14H2,1-2H3,(H,15,16). The number of carbonyl (C=O) groups is 1. The number of amides is 1. The molecule has 0 aliphatic rings. The van der Waals surface area contributed by atoms with Gasteiger partial charge < -0.3 is 11.1 Å². The van der Waals surface area contributed by atoms with E-state index in [4.69, 9.17) is 5.73 Å². The first-order valence-electron chi connectivity index (χ1n) is 5.32. The molecular weight excluding hydrogens is 268 g/mol. The summed E-state index contributed by atoms with van der Waals surface area (Å²) in [5.41, 5.74) is 7.32. The van der Waals surface area contributed by atoms with Crippen molar-refractivity contribution in [2.45, 2.75) is 20.3 Å². The van der Waals surface area contributed by atoms with E-state index < -0.39 is 0 Å². The maximum Gasteiger partial charge on any atom is 0.227 e. The summed E-state index contributed by atoms with van der Waals surface area (Å²) >= 11 is 3.43. The highest BCUT2D eigenvalue weighted by atomic mass is 79.9. The second-order valence-corrected chi connectivity index (χ2v) is 4.73. The predicted octanol–water partition coefficient (Wildman–Crippen LogP) is 2.68. The van der Waals surface area contributed by atoms with Gasteiger partial charge in [0.1, 0.15) is 0 Å². The summed E-state index contributed by atoms with van der Waals surface area (Å²) in [6, 6.07) is 5.75. The van der Waals surface area contributed by atoms with Gasteiger partial charge in [-0.3, -0.25) is 4.79 Å². The van der Waals surface area contributed by atoms with Crippen LogP contribution in [0.4, 0.5) is 5.69 Å². The van der Waals surface area contributed by atoms with Crippen LogP contribution in [-0.2, 0) is 4.79 Å². The highest BCUT2D eigenvalue weighted by Crippen LogP contribution is 2.23. The maximum absolute atomic E-state index is 11.8. The minimum Gasteiger partial charge on any atom is -0.330 e. The molecule has 88 valence electrons. The van der Waals surface area contributed by atoms with Crippen molar-refractivity contribution in [1.82, 2.24) is 0 Å². The molecule has 0 spiro atoms. The van der Waals surface area contributed by atoms with Crippen LogP contribution in [0, 0.1) is 12.8 Å². The van der Waals surface area contributed by atoms with Crippen LogP contribution in [0.2, 0.25) is 0 Å². The van der Waals surface area contributed by atoms with E-state index in [-0.39, 0.29) is 11.8 Å². The van der Waals surface area contributed by atoms with Crippen LogP contribution >= 0.6 is 15.9 Å². The van der Waals surface area contributed by atoms with Crippen LogP contribution < -0.4 is 11.1 Å². The lowest BCUT2D eigenvalue weighted by molar-refractivity contribution is -0.119. The third kappa shape index (κ3) is 3.32. The van der Waals surface area contributed by atoms with Gasteiger partial charge in [0.05, 0.1) is 0 Å². The van der Waals surface area contributed by atoms with Crippen LogP contribution in [0.1, 0.15) is 18.9 Å². The van der Waals surface area contributed by atoms with Crippen LogP contribution in [0.3, 0.4) is 0 Å². The maximum atomic E-state index is 11.8. The minimum absolute atomic E-state index is 0.0200. The first kappa shape index (κ1) is 13.2. The van der Waals surface area contributed by atoms with E-state index in [1.165, 1.54) is 0 Å². The molecule has 16 heavy (non-hydrogen) atoms. The lowest BCUT2D eigenvalue weighted by Crippen LogP contribution is -2.23. The van der Waals surface area contributed by atoms with Crippen LogP contribution in [0.5, 0.6) is 0 Å². The fourth-order valence-electron chi connectivity index (χ4n) is 1.38. The SMILES string of the molecule is Cc1c(Br)cccc1NC(=O)C(C)CCN. The quantitative estimate of drug-likeness (QED) is 0.893. The molecule has 0 radical (unpaired) electrons. The van der Waals surface area contributed by atoms with Crippen molar-refractivity contribution in [2.75, 3.05) is 11.9 Å². The lowest BCUT2D eigenvalue weighted by atomic mass is 10.1. The first-order valence-corrected chi connectivity index (χ1v) is 6.11. The Labute approximate surface area is 105 Å². The molecule has 0 saturated carbocycles. The van der Waals surface area contributed by atoms with E-state index in [2.05, 4.69) is 21.2 Å². The van der Waals surface area contributed by atoms with Crippen molar-refractivity contribution in [3.8, 4) is 0 Å². The van der Waals surface area contributed by atoms with Gasteiger partial charge in [-0.25, -0.2) is 0 Å². The summed E-state index contributed by atoms with van der Waals surface area (Å²) in [5.74, 6) is -0.0324. The van der Waals surface area contributed by atoms with Crippen molar-refractivity contribution in [3.63, 3.8) is 0 Å². The van der Waals surface area contributed by atoms with E-state index >= 15 is 0 Å². The van der Waals surface area contributed by atoms with E-state index in [1.54, 1.807) is 0 Å². The predicted molar refractivity (Wildman–Crippen MR) is 70.3 cm³/mol. The molecule has 0 fully saturated rings. The molecular formula is C12H17BrN2O. The smallest absolute Gasteiger partial charge is 0.227 e. The third-order valence-electron chi connectivity index (χ3n) is 2.57. The van der Waals surface area contributed by atoms with E-state index in [0.29, 0.717) is 13.0 Å². The molecule has 0 aliphatic carbocycles. The zero-order chi connectivity index (χ0) is 12.1. The molecule has 1 aromatic carbocycles. The van der Waals surface area contributed by atoms with Gasteiger partial charge in [-0.2, -0.15) is 0 Å². The Hall–Kier alpha value is -0.870. The second-order valence-electron chi connectivity index (χ2n) is 3.88. The Morgan fingerprint density at radius 2 is 2.25 bits per heavy atom. The molecule has 1 amide bonds. The molecule has 1 rings (SSSR count). The van der Waals surface area contributed by atoms with Crippen molar-refractivity contribution >= 4 is 27.5 Å². The fraction of sp³-hybridized carbons (Fsp3) is 0.417. The molecule has 3 N–H and O–H groups in total. The molecule has 1 aromatic rings. The topological polar surface area (TPSA) is 55.1 Å². The van der Waals surface area contributed by atoms with Crippen molar-refractivity contribution in [3.05, 3.63) is 28.2 Å². The van der Waals surface area contributed by atoms with E-state index in [9.17, 15) is 4.79 Å². The fourth-order valence-corrected chi connectivity index (χ4v) is 1.75. The zero-order valence-electron chi connectivity index (χ0n) is 9.59. The highest BCUT2D eigenvalue weighted by Gasteiger charge is 2.13. The molecule has 0 heterocycles. The van der Waals surface area contributed by atoms with Gasteiger partial charge in [-0.05, 0) is 37.6 Å². The molecule has 4 heteroatoms. The van der Waals surface area contributed by atoms with Gasteiger partial charge in [0.15, 0.2) is 0 Å². The summed E-state index contributed by atoms with van der Waals surface area (Å²) < 4.78 is 0.997. The van der Waals surface area contributed by atoms with Gasteiger partial charge in [0, 0.05) is 16.1 Å². The summed E-state index contributed by atoms with van der Waals surface area (Å²) in [4.78, 5) is 11.8. The number of rotatable bonds is 4. The molecule has 0 bridgehead atoms. The normalized spacial score (nSPS) is 12.2. The molecule has 1 unspecified atom stereocenters. The van der Waals surface area contributed by atoms with Crippen LogP contribution in [0.25, 0.3) is 0 Å². The Morgan fingerprint density at radius 3 is 2.88 bits per heavy atom. The second kappa shape index (κ2) is 6.01. The number of nitrogens with two attached hydrogens (primary N) is 1. The van der Waals surface area contributed by atoms with Crippen molar-refractivity contribution in [1.29, 1.82) is 0 Å². The summed E-state index contributed by atoms with van der Waals surface area (Å²) in [5, 5.41) is 2.91. The molecule has 1 atom stereocenters. The summed E-state index contributed by atoms with van der Waals surface area (Å²) in [6.07, 6.45) is 0.707. The Balaban J connectivity index is 2.73. The van der Waals surface area contributed by atoms with Gasteiger partial charge in [0.2, 0.25) is 5.91 Å². The van der Waals surface area contributed by atoms with Crippen LogP contribution in [-0.4, -0.2) is 12.5 Å². The Morgan fingerprint density at radius 1 is 1.56 bits per heavy atom. The number of hydrogen-bond donors (Lipinski definition) is 2. The Kier molecular flexibility index (Phi) is 4.96. The number of nitrogens with one attached hydrogen (secondary N) is 1. The number of benzene rings is 1. The highest BCUT2D eigenvalue weighted by molar-refractivity contribution is 9.10. The molecule has 3 nitrogen and oxygen atoms in total. The summed E-state index contributed by atoms with van der Waals surface area (Å²) in [6.45, 7) is 4.38. The monoisotopic (exact) mass is 284 g/mol. The Bertz CT molecular complexity index is 379. The van der Waals surface area contributed by atoms with Gasteiger partial charge in [0.25, 0.3) is 0 Å². The van der Waals surface area contributed by atoms with Crippen molar-refractivity contribution in [2.24, 2.45) is 11.7 Å². The summed E-state index contributed by atoms with van der Waals surface area (Å²) in [7, 11) is 0. The number of carbonyl (C=O) groups excluding carboxylic acids is 1. The average Bonchev–Trinajstić information content (AvgIpc) is 2.25. The average molecular weight is 285 g/mol.